The van der Waals surface area contributed by atoms with Crippen LogP contribution in [0.5, 0.6) is 5.75 Å². The van der Waals surface area contributed by atoms with Crippen LogP contribution in [0.3, 0.4) is 0 Å². The topological polar surface area (TPSA) is 70.8 Å². The maximum atomic E-state index is 11.5. The van der Waals surface area contributed by atoms with Crippen LogP contribution in [0.25, 0.3) is 0 Å². The lowest BCUT2D eigenvalue weighted by atomic mass is 10.2. The molecule has 5 nitrogen and oxygen atoms in total. The van der Waals surface area contributed by atoms with E-state index in [1.165, 1.54) is 20.3 Å². The molecule has 0 aliphatic carbocycles. The average molecular weight is 211 g/mol. The number of methoxy groups -OCH3 is 2. The molecular weight excluding hydrogens is 198 g/mol. The van der Waals surface area contributed by atoms with E-state index in [0.717, 1.165) is 0 Å². The second-order valence-corrected chi connectivity index (χ2v) is 2.79. The molecule has 1 aromatic carbocycles. The number of nitrogen functional groups attached to an aromatic ring is 1. The third-order valence-electron chi connectivity index (χ3n) is 1.79. The van der Waals surface area contributed by atoms with E-state index in [1.54, 1.807) is 12.1 Å². The Morgan fingerprint density at radius 1 is 1.40 bits per heavy atom. The molecule has 0 heterocycles. The Kier molecular flexibility index (Phi) is 3.93. The summed E-state index contributed by atoms with van der Waals surface area (Å²) < 4.78 is 14.3. The van der Waals surface area contributed by atoms with Gasteiger partial charge in [0.15, 0.2) is 6.79 Å². The minimum absolute atomic E-state index is 0.102. The molecule has 0 spiro atoms. The molecule has 0 saturated heterocycles. The molecule has 0 radical (unpaired) electrons. The van der Waals surface area contributed by atoms with E-state index in [0.29, 0.717) is 11.4 Å². The van der Waals surface area contributed by atoms with Crippen LogP contribution < -0.4 is 10.5 Å². The Labute approximate surface area is 87.7 Å². The van der Waals surface area contributed by atoms with Gasteiger partial charge in [0.1, 0.15) is 5.75 Å². The Hall–Kier alpha value is -1.75. The van der Waals surface area contributed by atoms with Gasteiger partial charge in [-0.15, -0.1) is 0 Å². The maximum absolute atomic E-state index is 11.5. The van der Waals surface area contributed by atoms with Crippen molar-refractivity contribution < 1.29 is 19.0 Å². The number of carbonyl (C=O) groups excluding carboxylic acids is 1. The molecule has 82 valence electrons. The smallest absolute Gasteiger partial charge is 0.342 e. The van der Waals surface area contributed by atoms with Crippen LogP contribution in [0.2, 0.25) is 0 Å². The van der Waals surface area contributed by atoms with Crippen LogP contribution in [0, 0.1) is 0 Å². The van der Waals surface area contributed by atoms with Gasteiger partial charge in [-0.1, -0.05) is 0 Å². The highest BCUT2D eigenvalue weighted by atomic mass is 16.7. The van der Waals surface area contributed by atoms with Crippen molar-refractivity contribution in [3.05, 3.63) is 23.8 Å². The number of esters is 1. The third kappa shape index (κ3) is 2.85. The van der Waals surface area contributed by atoms with Crippen LogP contribution in [0.4, 0.5) is 5.69 Å². The first kappa shape index (κ1) is 11.3. The average Bonchev–Trinajstić information content (AvgIpc) is 2.26. The van der Waals surface area contributed by atoms with E-state index in [1.807, 2.05) is 0 Å². The van der Waals surface area contributed by atoms with Gasteiger partial charge >= 0.3 is 5.97 Å². The van der Waals surface area contributed by atoms with E-state index in [9.17, 15) is 4.79 Å². The molecule has 0 saturated carbocycles. The number of anilines is 1. The van der Waals surface area contributed by atoms with Gasteiger partial charge in [0, 0.05) is 12.8 Å². The van der Waals surface area contributed by atoms with Crippen LogP contribution in [0.1, 0.15) is 10.4 Å². The van der Waals surface area contributed by atoms with Gasteiger partial charge in [0.2, 0.25) is 0 Å². The van der Waals surface area contributed by atoms with Gasteiger partial charge in [-0.2, -0.15) is 0 Å². The summed E-state index contributed by atoms with van der Waals surface area (Å²) in [6, 6.07) is 4.78. The summed E-state index contributed by atoms with van der Waals surface area (Å²) in [6.07, 6.45) is 0. The largest absolute Gasteiger partial charge is 0.497 e. The predicted octanol–water partition coefficient (Wildman–Crippen LogP) is 1.04. The van der Waals surface area contributed by atoms with Crippen molar-refractivity contribution in [2.75, 3.05) is 26.7 Å². The molecule has 0 aliphatic heterocycles. The summed E-state index contributed by atoms with van der Waals surface area (Å²) in [4.78, 5) is 11.5. The summed E-state index contributed by atoms with van der Waals surface area (Å²) in [6.45, 7) is -0.102. The van der Waals surface area contributed by atoms with Gasteiger partial charge < -0.3 is 19.9 Å². The number of rotatable bonds is 4. The molecule has 15 heavy (non-hydrogen) atoms. The molecule has 5 heteroatoms. The molecule has 0 aromatic heterocycles. The van der Waals surface area contributed by atoms with E-state index in [-0.39, 0.29) is 12.4 Å². The molecule has 0 unspecified atom stereocenters. The molecule has 0 amide bonds. The molecule has 0 fully saturated rings. The van der Waals surface area contributed by atoms with Crippen molar-refractivity contribution >= 4 is 11.7 Å². The van der Waals surface area contributed by atoms with Crippen molar-refractivity contribution in [2.45, 2.75) is 0 Å². The zero-order valence-electron chi connectivity index (χ0n) is 8.65. The highest BCUT2D eigenvalue weighted by Crippen LogP contribution is 2.20. The summed E-state index contributed by atoms with van der Waals surface area (Å²) in [5.74, 6) is 0.0156. The van der Waals surface area contributed by atoms with Gasteiger partial charge in [0.05, 0.1) is 12.7 Å². The molecule has 0 bridgehead atoms. The van der Waals surface area contributed by atoms with Crippen LogP contribution in [0.15, 0.2) is 18.2 Å². The lowest BCUT2D eigenvalue weighted by molar-refractivity contribution is -0.0124. The number of nitrogens with two attached hydrogens (primary N) is 1. The fourth-order valence-electron chi connectivity index (χ4n) is 1.03. The summed E-state index contributed by atoms with van der Waals surface area (Å²) >= 11 is 0. The van der Waals surface area contributed by atoms with Gasteiger partial charge in [-0.25, -0.2) is 4.79 Å². The second kappa shape index (κ2) is 5.21. The molecule has 1 rings (SSSR count). The van der Waals surface area contributed by atoms with Crippen molar-refractivity contribution in [1.82, 2.24) is 0 Å². The second-order valence-electron chi connectivity index (χ2n) is 2.79. The van der Waals surface area contributed by atoms with Crippen LogP contribution >= 0.6 is 0 Å². The minimum Gasteiger partial charge on any atom is -0.497 e. The summed E-state index contributed by atoms with van der Waals surface area (Å²) in [7, 11) is 2.94. The highest BCUT2D eigenvalue weighted by molar-refractivity contribution is 5.95. The maximum Gasteiger partial charge on any atom is 0.342 e. The standard InChI is InChI=1S/C10H13NO4/c1-13-6-15-10(12)8-5-7(14-2)3-4-9(8)11/h3-5H,6,11H2,1-2H3. The van der Waals surface area contributed by atoms with E-state index in [2.05, 4.69) is 4.74 Å². The lowest BCUT2D eigenvalue weighted by Gasteiger charge is -2.07. The highest BCUT2D eigenvalue weighted by Gasteiger charge is 2.12. The first-order valence-electron chi connectivity index (χ1n) is 4.28. The first-order chi connectivity index (χ1) is 7.19. The first-order valence-corrected chi connectivity index (χ1v) is 4.28. The number of carbonyl (C=O) groups is 1. The Balaban J connectivity index is 2.86. The van der Waals surface area contributed by atoms with Gasteiger partial charge in [-0.3, -0.25) is 0 Å². The van der Waals surface area contributed by atoms with Crippen LogP contribution in [-0.2, 0) is 9.47 Å². The minimum atomic E-state index is -0.534. The van der Waals surface area contributed by atoms with Gasteiger partial charge in [0.25, 0.3) is 0 Å². The third-order valence-corrected chi connectivity index (χ3v) is 1.79. The Morgan fingerprint density at radius 2 is 2.13 bits per heavy atom. The quantitative estimate of drug-likeness (QED) is 0.457. The number of hydrogen-bond acceptors (Lipinski definition) is 5. The zero-order valence-corrected chi connectivity index (χ0v) is 8.65. The van der Waals surface area contributed by atoms with E-state index >= 15 is 0 Å². The van der Waals surface area contributed by atoms with Crippen molar-refractivity contribution in [3.63, 3.8) is 0 Å². The van der Waals surface area contributed by atoms with Crippen LogP contribution in [-0.4, -0.2) is 27.0 Å². The molecule has 0 aliphatic rings. The summed E-state index contributed by atoms with van der Waals surface area (Å²) in [5.41, 5.74) is 6.23. The molecular formula is C10H13NO4. The van der Waals surface area contributed by atoms with Crippen molar-refractivity contribution in [3.8, 4) is 5.75 Å². The van der Waals surface area contributed by atoms with E-state index < -0.39 is 5.97 Å². The fraction of sp³-hybridized carbons (Fsp3) is 0.300. The number of hydrogen-bond donors (Lipinski definition) is 1. The van der Waals surface area contributed by atoms with Crippen molar-refractivity contribution in [2.24, 2.45) is 0 Å². The number of ether oxygens (including phenoxy) is 3. The number of benzene rings is 1. The Bertz CT molecular complexity index is 351. The van der Waals surface area contributed by atoms with E-state index in [4.69, 9.17) is 15.2 Å². The summed E-state index contributed by atoms with van der Waals surface area (Å²) in [5, 5.41) is 0. The predicted molar refractivity (Wildman–Crippen MR) is 54.7 cm³/mol. The van der Waals surface area contributed by atoms with Crippen molar-refractivity contribution in [1.29, 1.82) is 0 Å². The fourth-order valence-corrected chi connectivity index (χ4v) is 1.03. The zero-order chi connectivity index (χ0) is 11.3. The molecule has 2 N–H and O–H groups in total. The molecule has 0 atom stereocenters. The molecule has 1 aromatic rings. The Morgan fingerprint density at radius 3 is 2.73 bits per heavy atom. The lowest BCUT2D eigenvalue weighted by Crippen LogP contribution is -2.10. The SMILES string of the molecule is COCOC(=O)c1cc(OC)ccc1N. The monoisotopic (exact) mass is 211 g/mol. The normalized spacial score (nSPS) is 9.73. The van der Waals surface area contributed by atoms with Gasteiger partial charge in [-0.05, 0) is 18.2 Å².